The lowest BCUT2D eigenvalue weighted by Gasteiger charge is -2.26. The molecule has 1 aromatic heterocycles. The van der Waals surface area contributed by atoms with Gasteiger partial charge in [-0.1, -0.05) is 44.0 Å². The zero-order valence-corrected chi connectivity index (χ0v) is 17.9. The predicted molar refractivity (Wildman–Crippen MR) is 115 cm³/mol. The smallest absolute Gasteiger partial charge is 0.335 e. The molecule has 1 fully saturated rings. The lowest BCUT2D eigenvalue weighted by molar-refractivity contribution is -0.122. The first-order chi connectivity index (χ1) is 13.9. The molecule has 0 atom stereocenters. The van der Waals surface area contributed by atoms with Gasteiger partial charge in [0.15, 0.2) is 0 Å². The summed E-state index contributed by atoms with van der Waals surface area (Å²) in [5.41, 5.74) is 1.00. The molecule has 0 unspecified atom stereocenters. The van der Waals surface area contributed by atoms with E-state index in [1.807, 2.05) is 24.3 Å². The molecule has 144 valence electrons. The molecule has 1 aliphatic heterocycles. The number of carbonyl (C=O) groups excluding carboxylic acids is 3. The predicted octanol–water partition coefficient (Wildman–Crippen LogP) is 5.14. The lowest BCUT2D eigenvalue weighted by Crippen LogP contribution is -2.54. The molecule has 3 aromatic rings. The summed E-state index contributed by atoms with van der Waals surface area (Å²) < 4.78 is 7.47. The Labute approximate surface area is 182 Å². The molecule has 8 heteroatoms. The van der Waals surface area contributed by atoms with Gasteiger partial charge >= 0.3 is 6.03 Å². The van der Waals surface area contributed by atoms with E-state index in [-0.39, 0.29) is 5.57 Å². The molecule has 0 radical (unpaired) electrons. The Balaban J connectivity index is 1.67. The second kappa shape index (κ2) is 7.81. The summed E-state index contributed by atoms with van der Waals surface area (Å²) >= 11 is 6.72. The number of imide groups is 2. The van der Waals surface area contributed by atoms with Crippen LogP contribution in [0.2, 0.25) is 0 Å². The highest BCUT2D eigenvalue weighted by Gasteiger charge is 2.37. The monoisotopic (exact) mass is 514 g/mol. The van der Waals surface area contributed by atoms with Crippen molar-refractivity contribution in [3.63, 3.8) is 0 Å². The van der Waals surface area contributed by atoms with Crippen LogP contribution in [0.1, 0.15) is 5.76 Å². The standard InChI is InChI=1S/C21H12Br2N2O4/c22-13-4-6-15(7-5-13)25-20(27)17(19(26)24-21(25)28)11-16-8-9-18(29-16)12-2-1-3-14(23)10-12/h1-11H,(H,24,26,28)/b17-11+. The maximum Gasteiger partial charge on any atom is 0.335 e. The number of barbiturate groups is 1. The number of amides is 4. The number of nitrogens with zero attached hydrogens (tertiary/aromatic N) is 1. The molecule has 4 rings (SSSR count). The van der Waals surface area contributed by atoms with Gasteiger partial charge in [0.1, 0.15) is 17.1 Å². The molecular formula is C21H12Br2N2O4. The van der Waals surface area contributed by atoms with Crippen molar-refractivity contribution in [3.05, 3.63) is 80.9 Å². The van der Waals surface area contributed by atoms with Crippen molar-refractivity contribution in [2.24, 2.45) is 0 Å². The topological polar surface area (TPSA) is 79.6 Å². The number of hydrogen-bond donors (Lipinski definition) is 1. The van der Waals surface area contributed by atoms with Gasteiger partial charge in [-0.15, -0.1) is 0 Å². The third-order valence-electron chi connectivity index (χ3n) is 4.21. The largest absolute Gasteiger partial charge is 0.457 e. The van der Waals surface area contributed by atoms with Crippen molar-refractivity contribution in [1.82, 2.24) is 5.32 Å². The van der Waals surface area contributed by atoms with Crippen LogP contribution < -0.4 is 10.2 Å². The summed E-state index contributed by atoms with van der Waals surface area (Å²) in [4.78, 5) is 38.3. The van der Waals surface area contributed by atoms with Gasteiger partial charge in [-0.2, -0.15) is 0 Å². The van der Waals surface area contributed by atoms with E-state index in [0.717, 1.165) is 19.4 Å². The van der Waals surface area contributed by atoms with Gasteiger partial charge in [0, 0.05) is 14.5 Å². The average Bonchev–Trinajstić information content (AvgIpc) is 3.15. The first-order valence-corrected chi connectivity index (χ1v) is 10.0. The van der Waals surface area contributed by atoms with Crippen LogP contribution in [-0.4, -0.2) is 17.8 Å². The molecule has 1 N–H and O–H groups in total. The fourth-order valence-corrected chi connectivity index (χ4v) is 3.52. The highest BCUT2D eigenvalue weighted by atomic mass is 79.9. The number of furan rings is 1. The van der Waals surface area contributed by atoms with Crippen molar-refractivity contribution >= 4 is 61.5 Å². The number of rotatable bonds is 3. The Morgan fingerprint density at radius 3 is 2.38 bits per heavy atom. The van der Waals surface area contributed by atoms with Gasteiger partial charge in [0.05, 0.1) is 5.69 Å². The summed E-state index contributed by atoms with van der Waals surface area (Å²) in [6.07, 6.45) is 1.33. The van der Waals surface area contributed by atoms with Crippen LogP contribution >= 0.6 is 31.9 Å². The normalized spacial score (nSPS) is 15.7. The minimum atomic E-state index is -0.797. The third kappa shape index (κ3) is 3.94. The first-order valence-electron chi connectivity index (χ1n) is 8.45. The molecule has 2 aromatic carbocycles. The Morgan fingerprint density at radius 1 is 0.897 bits per heavy atom. The fraction of sp³-hybridized carbons (Fsp3) is 0. The Kier molecular flexibility index (Phi) is 5.21. The van der Waals surface area contributed by atoms with Crippen LogP contribution in [0.4, 0.5) is 10.5 Å². The molecule has 0 bridgehead atoms. The number of carbonyl (C=O) groups is 3. The second-order valence-corrected chi connectivity index (χ2v) is 7.98. The molecule has 1 aliphatic rings. The SMILES string of the molecule is O=C1NC(=O)N(c2ccc(Br)cc2)C(=O)/C1=C/c1ccc(-c2cccc(Br)c2)o1. The summed E-state index contributed by atoms with van der Waals surface area (Å²) in [6, 6.07) is 16.8. The van der Waals surface area contributed by atoms with Crippen molar-refractivity contribution in [3.8, 4) is 11.3 Å². The summed E-state index contributed by atoms with van der Waals surface area (Å²) in [7, 11) is 0. The molecule has 2 heterocycles. The van der Waals surface area contributed by atoms with Crippen LogP contribution in [0, 0.1) is 0 Å². The molecule has 0 saturated carbocycles. The molecule has 0 aliphatic carbocycles. The van der Waals surface area contributed by atoms with Crippen molar-refractivity contribution in [2.75, 3.05) is 4.90 Å². The van der Waals surface area contributed by atoms with Crippen LogP contribution in [0.3, 0.4) is 0 Å². The highest BCUT2D eigenvalue weighted by molar-refractivity contribution is 9.10. The third-order valence-corrected chi connectivity index (χ3v) is 5.23. The van der Waals surface area contributed by atoms with Gasteiger partial charge in [-0.25, -0.2) is 9.69 Å². The van der Waals surface area contributed by atoms with Gasteiger partial charge in [0.2, 0.25) is 0 Å². The van der Waals surface area contributed by atoms with E-state index >= 15 is 0 Å². The van der Waals surface area contributed by atoms with Gasteiger partial charge < -0.3 is 4.42 Å². The van der Waals surface area contributed by atoms with Crippen molar-refractivity contribution in [2.45, 2.75) is 0 Å². The van der Waals surface area contributed by atoms with E-state index in [0.29, 0.717) is 17.2 Å². The summed E-state index contributed by atoms with van der Waals surface area (Å²) in [5.74, 6) is -0.582. The second-order valence-electron chi connectivity index (χ2n) is 6.15. The fourth-order valence-electron chi connectivity index (χ4n) is 2.85. The van der Waals surface area contributed by atoms with E-state index in [1.165, 1.54) is 6.08 Å². The lowest BCUT2D eigenvalue weighted by atomic mass is 10.1. The average molecular weight is 516 g/mol. The van der Waals surface area contributed by atoms with Crippen LogP contribution in [0.15, 0.2) is 79.6 Å². The number of hydrogen-bond acceptors (Lipinski definition) is 4. The molecule has 6 nitrogen and oxygen atoms in total. The zero-order valence-electron chi connectivity index (χ0n) is 14.7. The zero-order chi connectivity index (χ0) is 20.5. The van der Waals surface area contributed by atoms with E-state index in [4.69, 9.17) is 4.42 Å². The molecule has 4 amide bonds. The van der Waals surface area contributed by atoms with Gasteiger partial charge in [-0.05, 0) is 54.6 Å². The number of nitrogens with one attached hydrogen (secondary N) is 1. The van der Waals surface area contributed by atoms with E-state index in [9.17, 15) is 14.4 Å². The summed E-state index contributed by atoms with van der Waals surface area (Å²) in [5, 5.41) is 2.19. The quantitative estimate of drug-likeness (QED) is 0.387. The highest BCUT2D eigenvalue weighted by Crippen LogP contribution is 2.27. The van der Waals surface area contributed by atoms with Crippen molar-refractivity contribution < 1.29 is 18.8 Å². The van der Waals surface area contributed by atoms with E-state index < -0.39 is 17.8 Å². The van der Waals surface area contributed by atoms with Gasteiger partial charge in [0.25, 0.3) is 11.8 Å². The van der Waals surface area contributed by atoms with Crippen LogP contribution in [0.5, 0.6) is 0 Å². The van der Waals surface area contributed by atoms with Crippen LogP contribution in [0.25, 0.3) is 17.4 Å². The van der Waals surface area contributed by atoms with Crippen LogP contribution in [-0.2, 0) is 9.59 Å². The number of urea groups is 1. The van der Waals surface area contributed by atoms with E-state index in [1.54, 1.807) is 36.4 Å². The minimum Gasteiger partial charge on any atom is -0.457 e. The van der Waals surface area contributed by atoms with E-state index in [2.05, 4.69) is 37.2 Å². The Bertz CT molecular complexity index is 1170. The van der Waals surface area contributed by atoms with Crippen molar-refractivity contribution in [1.29, 1.82) is 0 Å². The number of anilines is 1. The number of halogens is 2. The minimum absolute atomic E-state index is 0.192. The summed E-state index contributed by atoms with van der Waals surface area (Å²) in [6.45, 7) is 0. The van der Waals surface area contributed by atoms with Gasteiger partial charge in [-0.3, -0.25) is 14.9 Å². The maximum absolute atomic E-state index is 12.9. The first kappa shape index (κ1) is 19.4. The molecular weight excluding hydrogens is 504 g/mol. The Hall–Kier alpha value is -2.97. The Morgan fingerprint density at radius 2 is 1.66 bits per heavy atom. The molecule has 0 spiro atoms. The molecule has 1 saturated heterocycles. The molecule has 29 heavy (non-hydrogen) atoms. The number of benzene rings is 2. The maximum atomic E-state index is 12.9.